The highest BCUT2D eigenvalue weighted by atomic mass is 16.4. The van der Waals surface area contributed by atoms with Gasteiger partial charge < -0.3 is 38.3 Å². The fourth-order valence-electron chi connectivity index (χ4n) is 0. The Balaban J connectivity index is -0.0000000853. The summed E-state index contributed by atoms with van der Waals surface area (Å²) in [5.74, 6) is -3.38. The van der Waals surface area contributed by atoms with E-state index in [9.17, 15) is 19.2 Å². The molecule has 0 aromatic rings. The van der Waals surface area contributed by atoms with Gasteiger partial charge in [-0.3, -0.25) is 19.2 Å². The van der Waals surface area contributed by atoms with E-state index in [1.165, 1.54) is 0 Å². The number of primary amides is 1. The Kier molecular flexibility index (Phi) is 28.4. The van der Waals surface area contributed by atoms with Crippen molar-refractivity contribution in [1.29, 1.82) is 0 Å². The smallest absolute Gasteiger partial charge is 0.317 e. The van der Waals surface area contributed by atoms with Crippen molar-refractivity contribution in [3.8, 4) is 0 Å². The van der Waals surface area contributed by atoms with Crippen LogP contribution in [0.1, 0.15) is 0 Å². The zero-order valence-electron chi connectivity index (χ0n) is 10.7. The Hall–Kier alpha value is -2.50. The summed E-state index contributed by atoms with van der Waals surface area (Å²) in [4.78, 5) is 37.2. The first-order valence-electron chi connectivity index (χ1n) is 4.76. The topological polar surface area (TPSA) is 233 Å². The average Bonchev–Trinajstić information content (AvgIpc) is 2.40. The fourth-order valence-corrected chi connectivity index (χ4v) is 0. The van der Waals surface area contributed by atoms with Gasteiger partial charge in [0.25, 0.3) is 0 Å². The third kappa shape index (κ3) is 108. The largest absolute Gasteiger partial charge is 0.480 e. The number of nitrogens with two attached hydrogens (primary N) is 4. The van der Waals surface area contributed by atoms with E-state index in [1.54, 1.807) is 0 Å². The summed E-state index contributed by atoms with van der Waals surface area (Å²) in [5, 5.41) is 22.8. The summed E-state index contributed by atoms with van der Waals surface area (Å²) < 4.78 is 0. The van der Waals surface area contributed by atoms with Crippen molar-refractivity contribution in [2.75, 3.05) is 19.6 Å². The molecule has 0 aliphatic rings. The Bertz CT molecular complexity index is 273. The first-order chi connectivity index (χ1) is 9.08. The molecule has 0 atom stereocenters. The maximum atomic E-state index is 9.47. The minimum atomic E-state index is -0.968. The van der Waals surface area contributed by atoms with E-state index < -0.39 is 23.8 Å². The van der Waals surface area contributed by atoms with Crippen molar-refractivity contribution >= 4 is 23.8 Å². The normalized spacial score (nSPS) is 7.15. The molecule has 11 heteroatoms. The lowest BCUT2D eigenvalue weighted by Crippen LogP contribution is -2.10. The first-order valence-corrected chi connectivity index (χ1v) is 4.76. The van der Waals surface area contributed by atoms with E-state index >= 15 is 0 Å². The zero-order chi connectivity index (χ0) is 17.1. The van der Waals surface area contributed by atoms with Crippen molar-refractivity contribution in [1.82, 2.24) is 0 Å². The van der Waals surface area contributed by atoms with Crippen LogP contribution in [0.2, 0.25) is 0 Å². The molecule has 0 bridgehead atoms. The molecule has 0 radical (unpaired) electrons. The summed E-state index contributed by atoms with van der Waals surface area (Å²) in [6.07, 6.45) is 1.06. The zero-order valence-corrected chi connectivity index (χ0v) is 10.7. The van der Waals surface area contributed by atoms with Gasteiger partial charge in [-0.05, 0) is 6.08 Å². The number of rotatable bonds is 4. The molecule has 0 aromatic carbocycles. The molecule has 0 unspecified atom stereocenters. The van der Waals surface area contributed by atoms with Crippen molar-refractivity contribution in [2.24, 2.45) is 22.9 Å². The second kappa shape index (κ2) is 21.8. The molecule has 1 amide bonds. The van der Waals surface area contributed by atoms with Crippen molar-refractivity contribution in [2.45, 2.75) is 0 Å². The molecule has 11 nitrogen and oxygen atoms in total. The predicted octanol–water partition coefficient (Wildman–Crippen LogP) is -3.25. The highest BCUT2D eigenvalue weighted by Crippen LogP contribution is 1.48. The van der Waals surface area contributed by atoms with Crippen LogP contribution in [0.5, 0.6) is 0 Å². The summed E-state index contributed by atoms with van der Waals surface area (Å²) in [6, 6.07) is 0. The molecule has 0 fully saturated rings. The number of hydrogen-bond acceptors (Lipinski definition) is 7. The molecule has 11 N–H and O–H groups in total. The van der Waals surface area contributed by atoms with Crippen molar-refractivity contribution in [3.63, 3.8) is 0 Å². The summed E-state index contributed by atoms with van der Waals surface area (Å²) in [6.45, 7) is 2.25. The molecule has 0 aromatic heterocycles. The van der Waals surface area contributed by atoms with Gasteiger partial charge in [0, 0.05) is 0 Å². The van der Waals surface area contributed by atoms with Crippen LogP contribution >= 0.6 is 0 Å². The molecule has 0 saturated carbocycles. The Morgan fingerprint density at radius 2 is 0.900 bits per heavy atom. The van der Waals surface area contributed by atoms with E-state index in [2.05, 4.69) is 29.5 Å². The van der Waals surface area contributed by atoms with Gasteiger partial charge in [-0.2, -0.15) is 0 Å². The first kappa shape index (κ1) is 26.1. The lowest BCUT2D eigenvalue weighted by Gasteiger charge is -1.73. The van der Waals surface area contributed by atoms with Crippen LogP contribution in [0, 0.1) is 0 Å². The van der Waals surface area contributed by atoms with E-state index in [1.807, 2.05) is 0 Å². The lowest BCUT2D eigenvalue weighted by molar-refractivity contribution is -0.136. The molecule has 0 heterocycles. The number of hydrogen-bond donors (Lipinski definition) is 7. The summed E-state index contributed by atoms with van der Waals surface area (Å²) in [7, 11) is 0. The number of carboxylic acid groups (broad SMARTS) is 3. The number of carboxylic acids is 3. The highest BCUT2D eigenvalue weighted by molar-refractivity contribution is 5.84. The van der Waals surface area contributed by atoms with Gasteiger partial charge in [0.2, 0.25) is 5.91 Å². The predicted molar refractivity (Wildman–Crippen MR) is 69.5 cm³/mol. The number of carbonyl (C=O) groups is 4. The number of carbonyl (C=O) groups excluding carboxylic acids is 1. The molecule has 118 valence electrons. The van der Waals surface area contributed by atoms with Crippen LogP contribution in [0.4, 0.5) is 0 Å². The Morgan fingerprint density at radius 1 is 0.800 bits per heavy atom. The standard InChI is InChI=1S/C3H5NO.3C2H5NO2/c1-2-3(4)5;3*3-1-2(4)5/h2H,1H2,(H2,4,5);3*1,3H2,(H,4,5). The van der Waals surface area contributed by atoms with Gasteiger partial charge in [0.05, 0.1) is 19.6 Å². The maximum absolute atomic E-state index is 9.47. The number of amides is 1. The van der Waals surface area contributed by atoms with Gasteiger partial charge in [-0.15, -0.1) is 0 Å². The van der Waals surface area contributed by atoms with E-state index in [0.717, 1.165) is 6.08 Å². The monoisotopic (exact) mass is 296 g/mol. The van der Waals surface area contributed by atoms with Crippen molar-refractivity contribution in [3.05, 3.63) is 12.7 Å². The molecule has 0 rings (SSSR count). The van der Waals surface area contributed by atoms with Gasteiger partial charge in [0.15, 0.2) is 0 Å². The van der Waals surface area contributed by atoms with Gasteiger partial charge in [-0.1, -0.05) is 6.58 Å². The third-order valence-corrected chi connectivity index (χ3v) is 0.725. The molecule has 0 aliphatic heterocycles. The molecule has 0 aliphatic carbocycles. The van der Waals surface area contributed by atoms with Crippen LogP contribution in [0.15, 0.2) is 12.7 Å². The van der Waals surface area contributed by atoms with Gasteiger partial charge >= 0.3 is 17.9 Å². The van der Waals surface area contributed by atoms with Crippen LogP contribution in [-0.2, 0) is 19.2 Å². The van der Waals surface area contributed by atoms with Crippen LogP contribution in [0.25, 0.3) is 0 Å². The minimum absolute atomic E-state index is 0.278. The maximum Gasteiger partial charge on any atom is 0.317 e. The second-order valence-corrected chi connectivity index (χ2v) is 2.40. The third-order valence-electron chi connectivity index (χ3n) is 0.725. The number of aliphatic carboxylic acids is 3. The van der Waals surface area contributed by atoms with E-state index in [-0.39, 0.29) is 19.6 Å². The molecular formula is C9H20N4O7. The average molecular weight is 296 g/mol. The Labute approximate surface area is 114 Å². The lowest BCUT2D eigenvalue weighted by atomic mass is 10.6. The molecular weight excluding hydrogens is 276 g/mol. The van der Waals surface area contributed by atoms with Gasteiger partial charge in [-0.25, -0.2) is 0 Å². The minimum Gasteiger partial charge on any atom is -0.480 e. The SMILES string of the molecule is C=CC(N)=O.NCC(=O)O.NCC(=O)O.NCC(=O)O. The molecule has 20 heavy (non-hydrogen) atoms. The van der Waals surface area contributed by atoms with Crippen LogP contribution < -0.4 is 22.9 Å². The van der Waals surface area contributed by atoms with Gasteiger partial charge in [0.1, 0.15) is 0 Å². The Morgan fingerprint density at radius 3 is 0.900 bits per heavy atom. The van der Waals surface area contributed by atoms with E-state index in [4.69, 9.17) is 15.3 Å². The quantitative estimate of drug-likeness (QED) is 0.256. The fraction of sp³-hybridized carbons (Fsp3) is 0.333. The van der Waals surface area contributed by atoms with Crippen LogP contribution in [0.3, 0.4) is 0 Å². The molecule has 0 spiro atoms. The highest BCUT2D eigenvalue weighted by Gasteiger charge is 1.81. The van der Waals surface area contributed by atoms with Crippen LogP contribution in [-0.4, -0.2) is 58.8 Å². The molecule has 0 saturated heterocycles. The summed E-state index contributed by atoms with van der Waals surface area (Å²) >= 11 is 0. The second-order valence-electron chi connectivity index (χ2n) is 2.40. The van der Waals surface area contributed by atoms with E-state index in [0.29, 0.717) is 0 Å². The summed E-state index contributed by atoms with van der Waals surface area (Å²) in [5.41, 5.74) is 18.2. The van der Waals surface area contributed by atoms with Crippen molar-refractivity contribution < 1.29 is 34.5 Å².